The number of para-hydroxylation sites is 1. The summed E-state index contributed by atoms with van der Waals surface area (Å²) >= 11 is 0. The smallest absolute Gasteiger partial charge is 0.252 e. The van der Waals surface area contributed by atoms with Gasteiger partial charge in [-0.25, -0.2) is 0 Å². The van der Waals surface area contributed by atoms with Crippen LogP contribution in [0.4, 0.5) is 34.1 Å². The average molecular weight is 539 g/mol. The molecule has 0 saturated carbocycles. The third kappa shape index (κ3) is 3.81. The standard InChI is InChI=1S/C39H31BN2/c1-26-11-17-29(18-12-26)30-19-24-34-38(25-30)42(32-22-15-28(3)16-23-32)37-10-6-9-36-39(37)40(34)33-7-4-5-8-35(33)41(36)31-20-13-27(2)14-21-31/h4-25H,1-3H3. The van der Waals surface area contributed by atoms with Gasteiger partial charge in [0.05, 0.1) is 0 Å². The Morgan fingerprint density at radius 3 is 1.50 bits per heavy atom. The Kier molecular flexibility index (Phi) is 5.62. The molecule has 0 atom stereocenters. The van der Waals surface area contributed by atoms with Crippen LogP contribution >= 0.6 is 0 Å². The first kappa shape index (κ1) is 24.8. The van der Waals surface area contributed by atoms with Gasteiger partial charge < -0.3 is 9.80 Å². The van der Waals surface area contributed by atoms with E-state index in [1.165, 1.54) is 78.3 Å². The highest BCUT2D eigenvalue weighted by Gasteiger charge is 2.42. The lowest BCUT2D eigenvalue weighted by molar-refractivity contribution is 1.25. The van der Waals surface area contributed by atoms with Gasteiger partial charge in [-0.2, -0.15) is 0 Å². The summed E-state index contributed by atoms with van der Waals surface area (Å²) in [5, 5.41) is 0. The third-order valence-electron chi connectivity index (χ3n) is 8.87. The molecule has 0 spiro atoms. The summed E-state index contributed by atoms with van der Waals surface area (Å²) in [4.78, 5) is 4.92. The molecule has 0 bridgehead atoms. The van der Waals surface area contributed by atoms with Crippen molar-refractivity contribution in [1.29, 1.82) is 0 Å². The van der Waals surface area contributed by atoms with Crippen molar-refractivity contribution in [3.05, 3.63) is 150 Å². The van der Waals surface area contributed by atoms with Crippen molar-refractivity contribution in [1.82, 2.24) is 0 Å². The molecule has 0 N–H and O–H groups in total. The van der Waals surface area contributed by atoms with Gasteiger partial charge in [0, 0.05) is 34.1 Å². The first-order valence-corrected chi connectivity index (χ1v) is 14.7. The highest BCUT2D eigenvalue weighted by Crippen LogP contribution is 2.44. The topological polar surface area (TPSA) is 6.48 Å². The van der Waals surface area contributed by atoms with Gasteiger partial charge in [0.25, 0.3) is 6.71 Å². The zero-order chi connectivity index (χ0) is 28.4. The molecule has 0 aromatic heterocycles. The van der Waals surface area contributed by atoms with Gasteiger partial charge in [-0.15, -0.1) is 0 Å². The second-order valence-electron chi connectivity index (χ2n) is 11.7. The Morgan fingerprint density at radius 1 is 0.405 bits per heavy atom. The number of anilines is 6. The predicted molar refractivity (Wildman–Crippen MR) is 180 cm³/mol. The van der Waals surface area contributed by atoms with E-state index < -0.39 is 0 Å². The quantitative estimate of drug-likeness (QED) is 0.209. The summed E-state index contributed by atoms with van der Waals surface area (Å²) in [5.41, 5.74) is 17.6. The average Bonchev–Trinajstić information content (AvgIpc) is 3.02. The van der Waals surface area contributed by atoms with Crippen LogP contribution in [0, 0.1) is 20.8 Å². The van der Waals surface area contributed by atoms with Gasteiger partial charge >= 0.3 is 0 Å². The van der Waals surface area contributed by atoms with Gasteiger partial charge in [-0.05, 0) is 96.8 Å². The summed E-state index contributed by atoms with van der Waals surface area (Å²) in [6.45, 7) is 6.58. The Hall–Kier alpha value is -5.02. The second kappa shape index (κ2) is 9.53. The van der Waals surface area contributed by atoms with Crippen LogP contribution in [-0.4, -0.2) is 6.71 Å². The van der Waals surface area contributed by atoms with Crippen molar-refractivity contribution in [2.24, 2.45) is 0 Å². The van der Waals surface area contributed by atoms with Crippen LogP contribution in [0.2, 0.25) is 0 Å². The van der Waals surface area contributed by atoms with E-state index in [4.69, 9.17) is 0 Å². The zero-order valence-corrected chi connectivity index (χ0v) is 24.2. The molecule has 3 heteroatoms. The maximum atomic E-state index is 2.48. The molecule has 0 radical (unpaired) electrons. The summed E-state index contributed by atoms with van der Waals surface area (Å²) in [6.07, 6.45) is 0. The first-order chi connectivity index (χ1) is 20.6. The van der Waals surface area contributed by atoms with Gasteiger partial charge in [0.2, 0.25) is 0 Å². The van der Waals surface area contributed by atoms with E-state index in [0.717, 1.165) is 0 Å². The summed E-state index contributed by atoms with van der Waals surface area (Å²) in [5.74, 6) is 0. The van der Waals surface area contributed by atoms with Gasteiger partial charge in [0.15, 0.2) is 0 Å². The molecule has 0 amide bonds. The van der Waals surface area contributed by atoms with E-state index in [0.29, 0.717) is 0 Å². The highest BCUT2D eigenvalue weighted by molar-refractivity contribution is 7.00. The van der Waals surface area contributed by atoms with Crippen molar-refractivity contribution in [3.63, 3.8) is 0 Å². The molecule has 42 heavy (non-hydrogen) atoms. The fraction of sp³-hybridized carbons (Fsp3) is 0.0769. The SMILES string of the molecule is Cc1ccc(-c2ccc3c(c2)N(c2ccc(C)cc2)c2cccc4c2B3c2ccccc2N4c2ccc(C)cc2)cc1. The first-order valence-electron chi connectivity index (χ1n) is 14.7. The van der Waals surface area contributed by atoms with Crippen LogP contribution in [0.25, 0.3) is 11.1 Å². The Morgan fingerprint density at radius 2 is 0.881 bits per heavy atom. The van der Waals surface area contributed by atoms with Gasteiger partial charge in [0.1, 0.15) is 0 Å². The molecule has 2 aliphatic heterocycles. The van der Waals surface area contributed by atoms with Crippen LogP contribution in [0.3, 0.4) is 0 Å². The number of benzene rings is 6. The lowest BCUT2D eigenvalue weighted by Crippen LogP contribution is -2.61. The maximum Gasteiger partial charge on any atom is 0.252 e. The second-order valence-corrected chi connectivity index (χ2v) is 11.7. The molecule has 200 valence electrons. The van der Waals surface area contributed by atoms with E-state index >= 15 is 0 Å². The maximum absolute atomic E-state index is 2.48. The lowest BCUT2D eigenvalue weighted by Gasteiger charge is -2.44. The fourth-order valence-electron chi connectivity index (χ4n) is 6.75. The van der Waals surface area contributed by atoms with Crippen LogP contribution in [0.5, 0.6) is 0 Å². The van der Waals surface area contributed by atoms with E-state index in [1.54, 1.807) is 0 Å². The van der Waals surface area contributed by atoms with Crippen LogP contribution < -0.4 is 26.2 Å². The molecule has 6 aromatic rings. The van der Waals surface area contributed by atoms with E-state index in [-0.39, 0.29) is 6.71 Å². The summed E-state index contributed by atoms with van der Waals surface area (Å²) in [6, 6.07) is 49.5. The Labute approximate surface area is 248 Å². The third-order valence-corrected chi connectivity index (χ3v) is 8.87. The molecular weight excluding hydrogens is 507 g/mol. The fourth-order valence-corrected chi connectivity index (χ4v) is 6.75. The molecule has 0 aliphatic carbocycles. The molecule has 8 rings (SSSR count). The Bertz CT molecular complexity index is 1960. The summed E-state index contributed by atoms with van der Waals surface area (Å²) in [7, 11) is 0. The minimum Gasteiger partial charge on any atom is -0.311 e. The molecule has 0 saturated heterocycles. The minimum absolute atomic E-state index is 0.137. The molecule has 2 nitrogen and oxygen atoms in total. The van der Waals surface area contributed by atoms with Crippen molar-refractivity contribution in [2.75, 3.05) is 9.80 Å². The Balaban J connectivity index is 1.42. The largest absolute Gasteiger partial charge is 0.311 e. The van der Waals surface area contributed by atoms with Crippen LogP contribution in [0.1, 0.15) is 16.7 Å². The minimum atomic E-state index is 0.137. The molecule has 6 aromatic carbocycles. The number of fused-ring (bicyclic) bond motifs is 4. The number of aryl methyl sites for hydroxylation is 3. The molecule has 2 aliphatic rings. The molecule has 2 heterocycles. The predicted octanol–water partition coefficient (Wildman–Crippen LogP) is 8.36. The normalized spacial score (nSPS) is 13.0. The molecular formula is C39H31BN2. The molecule has 0 unspecified atom stereocenters. The monoisotopic (exact) mass is 538 g/mol. The van der Waals surface area contributed by atoms with Crippen molar-refractivity contribution in [3.8, 4) is 11.1 Å². The van der Waals surface area contributed by atoms with Gasteiger partial charge in [-0.3, -0.25) is 0 Å². The number of hydrogen-bond acceptors (Lipinski definition) is 2. The van der Waals surface area contributed by atoms with Crippen LogP contribution in [0.15, 0.2) is 133 Å². The van der Waals surface area contributed by atoms with E-state index in [2.05, 4.69) is 164 Å². The van der Waals surface area contributed by atoms with Crippen LogP contribution in [-0.2, 0) is 0 Å². The van der Waals surface area contributed by atoms with Crippen molar-refractivity contribution >= 4 is 57.2 Å². The zero-order valence-electron chi connectivity index (χ0n) is 24.2. The number of rotatable bonds is 3. The highest BCUT2D eigenvalue weighted by atomic mass is 15.2. The lowest BCUT2D eigenvalue weighted by atomic mass is 9.33. The van der Waals surface area contributed by atoms with E-state index in [1.807, 2.05) is 0 Å². The van der Waals surface area contributed by atoms with Crippen molar-refractivity contribution < 1.29 is 0 Å². The van der Waals surface area contributed by atoms with E-state index in [9.17, 15) is 0 Å². The van der Waals surface area contributed by atoms with Crippen molar-refractivity contribution in [2.45, 2.75) is 20.8 Å². The number of hydrogen-bond donors (Lipinski definition) is 0. The summed E-state index contributed by atoms with van der Waals surface area (Å²) < 4.78 is 0. The molecule has 0 fully saturated rings. The number of nitrogens with zero attached hydrogens (tertiary/aromatic N) is 2. The van der Waals surface area contributed by atoms with Gasteiger partial charge in [-0.1, -0.05) is 102 Å².